The summed E-state index contributed by atoms with van der Waals surface area (Å²) in [6.07, 6.45) is 1.13. The lowest BCUT2D eigenvalue weighted by atomic mass is 9.86. The van der Waals surface area contributed by atoms with Crippen LogP contribution in [0.1, 0.15) is 58.1 Å². The van der Waals surface area contributed by atoms with E-state index in [1.165, 1.54) is 11.1 Å². The van der Waals surface area contributed by atoms with Crippen LogP contribution in [0.25, 0.3) is 0 Å². The molecule has 0 aromatic heterocycles. The molecule has 2 N–H and O–H groups in total. The number of carbonyl (C=O) groups is 1. The van der Waals surface area contributed by atoms with E-state index in [1.807, 2.05) is 20.9 Å². The van der Waals surface area contributed by atoms with E-state index in [2.05, 4.69) is 39.0 Å². The molecule has 4 heteroatoms. The monoisotopic (exact) mass is 312 g/mol. The minimum atomic E-state index is -0.397. The molecule has 4 nitrogen and oxygen atoms in total. The zero-order valence-corrected chi connectivity index (χ0v) is 14.9. The molecule has 1 heterocycles. The van der Waals surface area contributed by atoms with Gasteiger partial charge in [-0.05, 0) is 30.2 Å². The first-order chi connectivity index (χ1) is 10.6. The highest BCUT2D eigenvalue weighted by Crippen LogP contribution is 2.51. The minimum absolute atomic E-state index is 0.173. The second-order valence-electron chi connectivity index (χ2n) is 7.70. The number of primary amides is 1. The van der Waals surface area contributed by atoms with Gasteiger partial charge in [0.15, 0.2) is 11.4 Å². The predicted octanol–water partition coefficient (Wildman–Crippen LogP) is 3.56. The number of nitrogens with two attached hydrogens (primary N) is 1. The van der Waals surface area contributed by atoms with Crippen molar-refractivity contribution in [3.63, 3.8) is 0 Å². The number of carbonyl (C=O) groups excluding carboxylic acids is 1. The highest BCUT2D eigenvalue weighted by molar-refractivity contribution is 6.22. The summed E-state index contributed by atoms with van der Waals surface area (Å²) in [5.41, 5.74) is 11.9. The number of quaternary nitrogens is 1. The van der Waals surface area contributed by atoms with Crippen LogP contribution in [0.2, 0.25) is 0 Å². The van der Waals surface area contributed by atoms with Gasteiger partial charge in [0.2, 0.25) is 0 Å². The van der Waals surface area contributed by atoms with Crippen LogP contribution in [0.4, 0.5) is 5.69 Å². The number of amides is 1. The third-order valence-electron chi connectivity index (χ3n) is 5.56. The second-order valence-corrected chi connectivity index (χ2v) is 7.70. The quantitative estimate of drug-likeness (QED) is 0.834. The van der Waals surface area contributed by atoms with Crippen LogP contribution in [-0.2, 0) is 10.2 Å². The van der Waals surface area contributed by atoms with E-state index in [1.54, 1.807) is 0 Å². The molecular formula is C19H26N3O+. The molecule has 0 saturated heterocycles. The van der Waals surface area contributed by atoms with Crippen molar-refractivity contribution < 1.29 is 4.79 Å². The van der Waals surface area contributed by atoms with Crippen LogP contribution in [0.3, 0.4) is 0 Å². The Bertz CT molecular complexity index is 773. The molecule has 1 aliphatic heterocycles. The Balaban J connectivity index is 2.27. The van der Waals surface area contributed by atoms with Crippen molar-refractivity contribution in [2.75, 3.05) is 7.05 Å². The fraction of sp³-hybridized carbons (Fsp3) is 0.474. The Morgan fingerprint density at radius 2 is 2.00 bits per heavy atom. The number of benzene rings is 1. The van der Waals surface area contributed by atoms with E-state index in [4.69, 9.17) is 10.8 Å². The van der Waals surface area contributed by atoms with Gasteiger partial charge in [0.25, 0.3) is 5.91 Å². The smallest absolute Gasteiger partial charge is 0.256 e. The second kappa shape index (κ2) is 4.78. The Labute approximate surface area is 138 Å². The molecular weight excluding hydrogens is 286 g/mol. The van der Waals surface area contributed by atoms with Gasteiger partial charge < -0.3 is 5.73 Å². The fourth-order valence-electron chi connectivity index (χ4n) is 4.51. The molecule has 1 aliphatic carbocycles. The molecule has 2 atom stereocenters. The summed E-state index contributed by atoms with van der Waals surface area (Å²) in [7, 11) is 2.04. The van der Waals surface area contributed by atoms with Crippen molar-refractivity contribution in [2.24, 2.45) is 10.8 Å². The van der Waals surface area contributed by atoms with Gasteiger partial charge in [0.1, 0.15) is 18.3 Å². The normalized spacial score (nSPS) is 28.8. The van der Waals surface area contributed by atoms with Crippen LogP contribution in [0, 0.1) is 0 Å². The lowest BCUT2D eigenvalue weighted by Crippen LogP contribution is -2.37. The third-order valence-corrected chi connectivity index (χ3v) is 5.56. The van der Waals surface area contributed by atoms with Crippen LogP contribution in [-0.4, -0.2) is 18.7 Å². The van der Waals surface area contributed by atoms with E-state index in [-0.39, 0.29) is 5.41 Å². The third kappa shape index (κ3) is 2.08. The molecule has 0 saturated carbocycles. The van der Waals surface area contributed by atoms with E-state index in [9.17, 15) is 4.79 Å². The molecule has 2 aliphatic rings. The van der Waals surface area contributed by atoms with Gasteiger partial charge in [-0.25, -0.2) is 0 Å². The van der Waals surface area contributed by atoms with Crippen LogP contribution < -0.4 is 10.3 Å². The van der Waals surface area contributed by atoms with Gasteiger partial charge >= 0.3 is 0 Å². The molecule has 23 heavy (non-hydrogen) atoms. The molecule has 1 aromatic carbocycles. The molecule has 0 fully saturated rings. The summed E-state index contributed by atoms with van der Waals surface area (Å²) in [6, 6.07) is 6.48. The topological polar surface area (TPSA) is 55.4 Å². The highest BCUT2D eigenvalue weighted by atomic mass is 16.1. The summed E-state index contributed by atoms with van der Waals surface area (Å²) < 4.78 is 0.299. The Morgan fingerprint density at radius 3 is 2.57 bits per heavy atom. The summed E-state index contributed by atoms with van der Waals surface area (Å²) in [4.78, 5) is 11.8. The molecule has 1 aromatic rings. The average Bonchev–Trinajstić information content (AvgIpc) is 2.81. The SMILES string of the molecule is CC1=N[N+](C)(c2cccc3c2[C@@H](C)CC3(C)C)C(C)=C1C(N)=O. The van der Waals surface area contributed by atoms with Gasteiger partial charge in [0, 0.05) is 18.6 Å². The largest absolute Gasteiger partial charge is 0.365 e. The zero-order valence-electron chi connectivity index (χ0n) is 14.9. The number of allylic oxidation sites excluding steroid dienone is 1. The van der Waals surface area contributed by atoms with E-state index >= 15 is 0 Å². The fourth-order valence-corrected chi connectivity index (χ4v) is 4.51. The van der Waals surface area contributed by atoms with Crippen molar-refractivity contribution in [1.29, 1.82) is 0 Å². The van der Waals surface area contributed by atoms with Crippen LogP contribution in [0.15, 0.2) is 34.6 Å². The Kier molecular flexibility index (Phi) is 3.31. The van der Waals surface area contributed by atoms with Crippen molar-refractivity contribution in [1.82, 2.24) is 4.59 Å². The number of rotatable bonds is 2. The first-order valence-electron chi connectivity index (χ1n) is 8.18. The number of nitrogens with zero attached hydrogens (tertiary/aromatic N) is 2. The first kappa shape index (κ1) is 15.9. The lowest BCUT2D eigenvalue weighted by molar-refractivity contribution is -0.114. The van der Waals surface area contributed by atoms with Gasteiger partial charge in [-0.1, -0.05) is 38.0 Å². The van der Waals surface area contributed by atoms with Crippen LogP contribution in [0.5, 0.6) is 0 Å². The number of hydrogen-bond acceptors (Lipinski definition) is 2. The van der Waals surface area contributed by atoms with Crippen molar-refractivity contribution >= 4 is 17.3 Å². The lowest BCUT2D eigenvalue weighted by Gasteiger charge is -2.28. The van der Waals surface area contributed by atoms with Crippen molar-refractivity contribution in [3.8, 4) is 0 Å². The van der Waals surface area contributed by atoms with Gasteiger partial charge in [-0.2, -0.15) is 0 Å². The average molecular weight is 312 g/mol. The molecule has 0 bridgehead atoms. The maximum atomic E-state index is 11.8. The zero-order chi connectivity index (χ0) is 17.2. The maximum absolute atomic E-state index is 11.8. The van der Waals surface area contributed by atoms with Gasteiger partial charge in [0.05, 0.1) is 0 Å². The van der Waals surface area contributed by atoms with Crippen molar-refractivity contribution in [2.45, 2.75) is 52.4 Å². The van der Waals surface area contributed by atoms with Crippen molar-refractivity contribution in [3.05, 3.63) is 40.6 Å². The Morgan fingerprint density at radius 1 is 1.35 bits per heavy atom. The van der Waals surface area contributed by atoms with E-state index in [0.717, 1.165) is 23.5 Å². The standard InChI is InChI=1S/C19H25N3O/c1-11-10-19(4,5)14-8-7-9-15(16(11)14)22(6)13(3)17(18(20)23)12(2)21-22/h7-9,11H,10H2,1-6H3,(H-,20,23)/p+1/t11-,22?/m0/s1. The van der Waals surface area contributed by atoms with E-state index in [0.29, 0.717) is 16.1 Å². The van der Waals surface area contributed by atoms with Gasteiger partial charge in [-0.3, -0.25) is 4.79 Å². The molecule has 3 rings (SSSR count). The summed E-state index contributed by atoms with van der Waals surface area (Å²) in [5.74, 6) is 0.0821. The minimum Gasteiger partial charge on any atom is -0.365 e. The first-order valence-corrected chi connectivity index (χ1v) is 8.18. The molecule has 122 valence electrons. The molecule has 0 spiro atoms. The van der Waals surface area contributed by atoms with Crippen LogP contribution >= 0.6 is 0 Å². The number of hydrogen-bond donors (Lipinski definition) is 1. The summed E-state index contributed by atoms with van der Waals surface area (Å²) in [5, 5.41) is 4.81. The molecule has 0 radical (unpaired) electrons. The highest BCUT2D eigenvalue weighted by Gasteiger charge is 2.45. The number of fused-ring (bicyclic) bond motifs is 1. The maximum Gasteiger partial charge on any atom is 0.256 e. The van der Waals surface area contributed by atoms with E-state index < -0.39 is 5.91 Å². The predicted molar refractivity (Wildman–Crippen MR) is 95.2 cm³/mol. The molecule has 1 unspecified atom stereocenters. The Hall–Kier alpha value is -1.94. The molecule has 1 amide bonds. The summed E-state index contributed by atoms with van der Waals surface area (Å²) >= 11 is 0. The van der Waals surface area contributed by atoms with Gasteiger partial charge in [-0.15, -0.1) is 4.59 Å². The summed E-state index contributed by atoms with van der Waals surface area (Å²) in [6.45, 7) is 10.7.